The second-order valence-corrected chi connectivity index (χ2v) is 3.44. The number of hydrogen-bond donors (Lipinski definition) is 3. The van der Waals surface area contributed by atoms with Crippen LogP contribution in [0, 0.1) is 12.3 Å². The molecule has 0 radical (unpaired) electrons. The number of aliphatic hydroxyl groups is 1. The minimum absolute atomic E-state index is 0.185. The van der Waals surface area contributed by atoms with E-state index in [4.69, 9.17) is 17.3 Å². The van der Waals surface area contributed by atoms with Crippen LogP contribution in [-0.4, -0.2) is 30.2 Å². The second kappa shape index (κ2) is 9.50. The lowest BCUT2D eigenvalue weighted by molar-refractivity contribution is -0.122. The summed E-state index contributed by atoms with van der Waals surface area (Å²) in [5.41, 5.74) is 5.50. The predicted octanol–water partition coefficient (Wildman–Crippen LogP) is 0.00590. The van der Waals surface area contributed by atoms with Crippen LogP contribution in [0.2, 0.25) is 0 Å². The van der Waals surface area contributed by atoms with E-state index in [1.54, 1.807) is 0 Å². The average Bonchev–Trinajstić information content (AvgIpc) is 2.23. The number of carbonyl (C=O) groups is 1. The Labute approximate surface area is 91.2 Å². The summed E-state index contributed by atoms with van der Waals surface area (Å²) in [6.07, 6.45) is 9.05. The Hall–Kier alpha value is -1.05. The summed E-state index contributed by atoms with van der Waals surface area (Å²) in [7, 11) is 0. The van der Waals surface area contributed by atoms with Gasteiger partial charge in [0.1, 0.15) is 0 Å². The summed E-state index contributed by atoms with van der Waals surface area (Å²) >= 11 is 0. The molecule has 1 amide bonds. The monoisotopic (exact) mass is 212 g/mol. The third kappa shape index (κ3) is 7.98. The van der Waals surface area contributed by atoms with Gasteiger partial charge in [0.15, 0.2) is 0 Å². The summed E-state index contributed by atoms with van der Waals surface area (Å²) in [5, 5.41) is 11.3. The molecule has 0 spiro atoms. The van der Waals surface area contributed by atoms with Gasteiger partial charge < -0.3 is 16.2 Å². The van der Waals surface area contributed by atoms with Gasteiger partial charge in [-0.3, -0.25) is 4.79 Å². The van der Waals surface area contributed by atoms with E-state index < -0.39 is 6.04 Å². The van der Waals surface area contributed by atoms with E-state index in [-0.39, 0.29) is 18.9 Å². The largest absolute Gasteiger partial charge is 0.396 e. The molecule has 0 rings (SSSR count). The molecule has 0 aliphatic rings. The zero-order valence-electron chi connectivity index (χ0n) is 9.04. The zero-order chi connectivity index (χ0) is 11.5. The van der Waals surface area contributed by atoms with Crippen molar-refractivity contribution in [1.29, 1.82) is 0 Å². The summed E-state index contributed by atoms with van der Waals surface area (Å²) in [6, 6.07) is -0.590. The van der Waals surface area contributed by atoms with Crippen LogP contribution in [0.3, 0.4) is 0 Å². The first-order chi connectivity index (χ1) is 7.22. The number of aliphatic hydroxyl groups excluding tert-OH is 1. The van der Waals surface area contributed by atoms with Gasteiger partial charge in [-0.1, -0.05) is 12.8 Å². The highest BCUT2D eigenvalue weighted by Gasteiger charge is 2.10. The van der Waals surface area contributed by atoms with E-state index >= 15 is 0 Å². The minimum Gasteiger partial charge on any atom is -0.396 e. The fourth-order valence-electron chi connectivity index (χ4n) is 1.15. The molecule has 4 heteroatoms. The van der Waals surface area contributed by atoms with E-state index in [0.29, 0.717) is 6.54 Å². The molecular weight excluding hydrogens is 192 g/mol. The molecule has 0 fully saturated rings. The first-order valence-corrected chi connectivity index (χ1v) is 5.30. The summed E-state index contributed by atoms with van der Waals surface area (Å²) in [5.74, 6) is 2.17. The van der Waals surface area contributed by atoms with Crippen molar-refractivity contribution in [2.45, 2.75) is 38.1 Å². The van der Waals surface area contributed by atoms with Crippen molar-refractivity contribution < 1.29 is 9.90 Å². The second-order valence-electron chi connectivity index (χ2n) is 3.44. The van der Waals surface area contributed by atoms with E-state index in [0.717, 1.165) is 25.7 Å². The van der Waals surface area contributed by atoms with Crippen LogP contribution in [0.5, 0.6) is 0 Å². The van der Waals surface area contributed by atoms with Gasteiger partial charge in [-0.15, -0.1) is 12.3 Å². The van der Waals surface area contributed by atoms with Crippen molar-refractivity contribution in [3.05, 3.63) is 0 Å². The summed E-state index contributed by atoms with van der Waals surface area (Å²) < 4.78 is 0. The lowest BCUT2D eigenvalue weighted by Crippen LogP contribution is -2.40. The number of amides is 1. The Bertz CT molecular complexity index is 211. The molecule has 0 aliphatic carbocycles. The smallest absolute Gasteiger partial charge is 0.237 e. The van der Waals surface area contributed by atoms with Crippen LogP contribution in [0.25, 0.3) is 0 Å². The highest BCUT2D eigenvalue weighted by molar-refractivity contribution is 5.81. The minimum atomic E-state index is -0.590. The van der Waals surface area contributed by atoms with E-state index in [2.05, 4.69) is 11.2 Å². The van der Waals surface area contributed by atoms with Crippen LogP contribution in [-0.2, 0) is 4.79 Å². The van der Waals surface area contributed by atoms with Gasteiger partial charge in [0, 0.05) is 19.6 Å². The highest BCUT2D eigenvalue weighted by Crippen LogP contribution is 1.97. The Balaban J connectivity index is 3.35. The summed E-state index contributed by atoms with van der Waals surface area (Å²) in [6.45, 7) is 0.863. The van der Waals surface area contributed by atoms with Crippen LogP contribution in [0.15, 0.2) is 0 Å². The molecule has 0 aromatic carbocycles. The van der Waals surface area contributed by atoms with Crippen molar-refractivity contribution in [2.24, 2.45) is 5.73 Å². The standard InChI is InChI=1S/C11H20N2O2/c1-2-7-10(12)11(15)13-8-5-3-4-6-9-14/h1,10,14H,3-9,12H2,(H,13,15). The molecule has 1 unspecified atom stereocenters. The maximum absolute atomic E-state index is 11.3. The molecule has 0 bridgehead atoms. The van der Waals surface area contributed by atoms with Crippen molar-refractivity contribution >= 4 is 5.91 Å². The van der Waals surface area contributed by atoms with Crippen LogP contribution in [0.4, 0.5) is 0 Å². The third-order valence-corrected chi connectivity index (χ3v) is 2.06. The molecule has 4 nitrogen and oxygen atoms in total. The van der Waals surface area contributed by atoms with Gasteiger partial charge in [0.05, 0.1) is 6.04 Å². The summed E-state index contributed by atoms with van der Waals surface area (Å²) in [4.78, 5) is 11.3. The number of hydrogen-bond acceptors (Lipinski definition) is 3. The van der Waals surface area contributed by atoms with E-state index in [1.165, 1.54) is 0 Å². The Morgan fingerprint density at radius 2 is 2.07 bits per heavy atom. The molecule has 0 saturated carbocycles. The topological polar surface area (TPSA) is 75.4 Å². The van der Waals surface area contributed by atoms with Crippen molar-refractivity contribution in [1.82, 2.24) is 5.32 Å². The molecule has 0 aromatic heterocycles. The SMILES string of the molecule is C#CCC(N)C(=O)NCCCCCCO. The van der Waals surface area contributed by atoms with Gasteiger partial charge in [-0.25, -0.2) is 0 Å². The van der Waals surface area contributed by atoms with Gasteiger partial charge in [-0.05, 0) is 12.8 Å². The van der Waals surface area contributed by atoms with Crippen LogP contribution in [0.1, 0.15) is 32.1 Å². The third-order valence-electron chi connectivity index (χ3n) is 2.06. The Kier molecular flexibility index (Phi) is 8.84. The molecule has 15 heavy (non-hydrogen) atoms. The molecule has 4 N–H and O–H groups in total. The molecule has 0 aliphatic heterocycles. The Morgan fingerprint density at radius 3 is 2.67 bits per heavy atom. The van der Waals surface area contributed by atoms with Crippen LogP contribution >= 0.6 is 0 Å². The van der Waals surface area contributed by atoms with E-state index in [1.807, 2.05) is 0 Å². The number of nitrogens with two attached hydrogens (primary N) is 1. The number of nitrogens with one attached hydrogen (secondary N) is 1. The maximum atomic E-state index is 11.3. The molecule has 0 heterocycles. The molecule has 0 saturated heterocycles. The van der Waals surface area contributed by atoms with Gasteiger partial charge >= 0.3 is 0 Å². The normalized spacial score (nSPS) is 11.8. The number of rotatable bonds is 8. The lowest BCUT2D eigenvalue weighted by Gasteiger charge is -2.09. The van der Waals surface area contributed by atoms with Gasteiger partial charge in [-0.2, -0.15) is 0 Å². The number of carbonyl (C=O) groups excluding carboxylic acids is 1. The van der Waals surface area contributed by atoms with Crippen LogP contribution < -0.4 is 11.1 Å². The number of unbranched alkanes of at least 4 members (excludes halogenated alkanes) is 3. The van der Waals surface area contributed by atoms with Gasteiger partial charge in [0.25, 0.3) is 0 Å². The predicted molar refractivity (Wildman–Crippen MR) is 60.0 cm³/mol. The molecule has 0 aromatic rings. The van der Waals surface area contributed by atoms with Crippen molar-refractivity contribution in [3.63, 3.8) is 0 Å². The highest BCUT2D eigenvalue weighted by atomic mass is 16.2. The quantitative estimate of drug-likeness (QED) is 0.392. The fraction of sp³-hybridized carbons (Fsp3) is 0.727. The number of terminal acetylenes is 1. The van der Waals surface area contributed by atoms with Crippen molar-refractivity contribution in [3.8, 4) is 12.3 Å². The zero-order valence-corrected chi connectivity index (χ0v) is 9.04. The lowest BCUT2D eigenvalue weighted by atomic mass is 10.2. The van der Waals surface area contributed by atoms with Crippen molar-refractivity contribution in [2.75, 3.05) is 13.2 Å². The average molecular weight is 212 g/mol. The first-order valence-electron chi connectivity index (χ1n) is 5.30. The fourth-order valence-corrected chi connectivity index (χ4v) is 1.15. The Morgan fingerprint density at radius 1 is 1.40 bits per heavy atom. The van der Waals surface area contributed by atoms with E-state index in [9.17, 15) is 4.79 Å². The van der Waals surface area contributed by atoms with Gasteiger partial charge in [0.2, 0.25) is 5.91 Å². The molecular formula is C11H20N2O2. The molecule has 1 atom stereocenters. The molecule has 86 valence electrons. The maximum Gasteiger partial charge on any atom is 0.237 e. The first kappa shape index (κ1) is 13.9.